The molecule has 0 aromatic heterocycles. The summed E-state index contributed by atoms with van der Waals surface area (Å²) in [7, 11) is 1.63. The molecule has 0 heterocycles. The molecule has 0 aliphatic heterocycles. The van der Waals surface area contributed by atoms with E-state index in [2.05, 4.69) is 11.9 Å². The van der Waals surface area contributed by atoms with Gasteiger partial charge in [0, 0.05) is 13.7 Å². The molecule has 1 aromatic carbocycles. The Balaban J connectivity index is 2.32. The summed E-state index contributed by atoms with van der Waals surface area (Å²) in [5.41, 5.74) is 1.97. The van der Waals surface area contributed by atoms with Gasteiger partial charge in [-0.15, -0.1) is 6.58 Å². The van der Waals surface area contributed by atoms with E-state index >= 15 is 0 Å². The lowest BCUT2D eigenvalue weighted by Gasteiger charge is -2.11. The maximum absolute atomic E-state index is 11.7. The van der Waals surface area contributed by atoms with Gasteiger partial charge in [-0.25, -0.2) is 4.79 Å². The van der Waals surface area contributed by atoms with Gasteiger partial charge in [-0.1, -0.05) is 30.3 Å². The monoisotopic (exact) mass is 321 g/mol. The number of benzene rings is 1. The quantitative estimate of drug-likeness (QED) is 0.523. The van der Waals surface area contributed by atoms with Crippen LogP contribution in [0, 0.1) is 0 Å². The topological polar surface area (TPSA) is 73.9 Å². The van der Waals surface area contributed by atoms with Gasteiger partial charge >= 0.3 is 5.97 Å². The van der Waals surface area contributed by atoms with E-state index in [9.17, 15) is 9.59 Å². The lowest BCUT2D eigenvalue weighted by atomic mass is 10.1. The van der Waals surface area contributed by atoms with Crippen molar-refractivity contribution in [3.8, 4) is 0 Å². The lowest BCUT2D eigenvalue weighted by molar-refractivity contribution is -0.158. The molecule has 0 radical (unpaired) electrons. The van der Waals surface area contributed by atoms with Crippen LogP contribution >= 0.6 is 0 Å². The van der Waals surface area contributed by atoms with Gasteiger partial charge < -0.3 is 19.5 Å². The fourth-order valence-electron chi connectivity index (χ4n) is 1.78. The molecule has 1 N–H and O–H groups in total. The summed E-state index contributed by atoms with van der Waals surface area (Å²) in [5.74, 6) is -0.949. The Bertz CT molecular complexity index is 529. The van der Waals surface area contributed by atoms with E-state index in [1.54, 1.807) is 14.0 Å². The first kappa shape index (κ1) is 18.9. The Kier molecular flexibility index (Phi) is 8.64. The summed E-state index contributed by atoms with van der Waals surface area (Å²) in [6.07, 6.45) is 0.806. The number of carbonyl (C=O) groups is 2. The molecule has 126 valence electrons. The zero-order valence-electron chi connectivity index (χ0n) is 13.5. The summed E-state index contributed by atoms with van der Waals surface area (Å²) in [4.78, 5) is 23.3. The average molecular weight is 321 g/mol. The van der Waals surface area contributed by atoms with Crippen molar-refractivity contribution in [2.45, 2.75) is 26.2 Å². The zero-order valence-corrected chi connectivity index (χ0v) is 13.5. The molecular weight excluding hydrogens is 298 g/mol. The van der Waals surface area contributed by atoms with Crippen LogP contribution in [0.4, 0.5) is 0 Å². The molecule has 1 aromatic rings. The maximum Gasteiger partial charge on any atom is 0.335 e. The number of esters is 1. The first-order chi connectivity index (χ1) is 11.1. The predicted octanol–water partition coefficient (Wildman–Crippen LogP) is 1.58. The van der Waals surface area contributed by atoms with E-state index in [1.807, 2.05) is 24.3 Å². The minimum absolute atomic E-state index is 0.250. The maximum atomic E-state index is 11.7. The van der Waals surface area contributed by atoms with E-state index in [0.29, 0.717) is 13.2 Å². The molecule has 1 amide bonds. The summed E-state index contributed by atoms with van der Waals surface area (Å²) >= 11 is 0. The molecule has 6 nitrogen and oxygen atoms in total. The SMILES string of the molecule is C=CCOC(C)C(=O)OCC(=O)NCc1cccc(COC)c1. The fourth-order valence-corrected chi connectivity index (χ4v) is 1.78. The standard InChI is InChI=1S/C17H23NO5/c1-4-8-22-13(2)17(20)23-12-16(19)18-10-14-6-5-7-15(9-14)11-21-3/h4-7,9,13H,1,8,10-12H2,2-3H3,(H,18,19). The predicted molar refractivity (Wildman–Crippen MR) is 85.6 cm³/mol. The molecule has 1 unspecified atom stereocenters. The normalized spacial score (nSPS) is 11.6. The van der Waals surface area contributed by atoms with Gasteiger partial charge in [0.25, 0.3) is 5.91 Å². The highest BCUT2D eigenvalue weighted by molar-refractivity contribution is 5.81. The molecular formula is C17H23NO5. The Hall–Kier alpha value is -2.18. The molecule has 1 rings (SSSR count). The number of methoxy groups -OCH3 is 1. The van der Waals surface area contributed by atoms with Crippen molar-refractivity contribution in [1.82, 2.24) is 5.32 Å². The van der Waals surface area contributed by atoms with Crippen molar-refractivity contribution in [2.75, 3.05) is 20.3 Å². The highest BCUT2D eigenvalue weighted by Gasteiger charge is 2.15. The Morgan fingerprint density at radius 1 is 1.35 bits per heavy atom. The Morgan fingerprint density at radius 3 is 2.78 bits per heavy atom. The molecule has 0 bridgehead atoms. The van der Waals surface area contributed by atoms with Crippen molar-refractivity contribution in [3.63, 3.8) is 0 Å². The van der Waals surface area contributed by atoms with E-state index < -0.39 is 12.1 Å². The number of nitrogens with one attached hydrogen (secondary N) is 1. The second-order valence-electron chi connectivity index (χ2n) is 4.90. The van der Waals surface area contributed by atoms with Crippen molar-refractivity contribution >= 4 is 11.9 Å². The van der Waals surface area contributed by atoms with Gasteiger partial charge in [0.1, 0.15) is 0 Å². The Morgan fingerprint density at radius 2 is 2.09 bits per heavy atom. The van der Waals surface area contributed by atoms with E-state index in [1.165, 1.54) is 6.08 Å². The summed E-state index contributed by atoms with van der Waals surface area (Å²) < 4.78 is 15.1. The summed E-state index contributed by atoms with van der Waals surface area (Å²) in [6.45, 7) is 5.84. The number of hydrogen-bond acceptors (Lipinski definition) is 5. The molecule has 0 aliphatic carbocycles. The van der Waals surface area contributed by atoms with Gasteiger partial charge in [0.2, 0.25) is 0 Å². The third-order valence-corrected chi connectivity index (χ3v) is 2.93. The number of ether oxygens (including phenoxy) is 3. The van der Waals surface area contributed by atoms with Crippen LogP contribution in [0.2, 0.25) is 0 Å². The molecule has 6 heteroatoms. The van der Waals surface area contributed by atoms with Crippen LogP contribution in [0.3, 0.4) is 0 Å². The molecule has 1 atom stereocenters. The second-order valence-corrected chi connectivity index (χ2v) is 4.90. The number of hydrogen-bond donors (Lipinski definition) is 1. The minimum Gasteiger partial charge on any atom is -0.454 e. The second kappa shape index (κ2) is 10.5. The summed E-state index contributed by atoms with van der Waals surface area (Å²) in [5, 5.41) is 2.69. The van der Waals surface area contributed by atoms with Gasteiger partial charge in [0.15, 0.2) is 12.7 Å². The number of carbonyl (C=O) groups excluding carboxylic acids is 2. The van der Waals surface area contributed by atoms with Crippen LogP contribution in [0.25, 0.3) is 0 Å². The number of rotatable bonds is 10. The molecule has 23 heavy (non-hydrogen) atoms. The van der Waals surface area contributed by atoms with Crippen molar-refractivity contribution in [1.29, 1.82) is 0 Å². The van der Waals surface area contributed by atoms with E-state index in [0.717, 1.165) is 11.1 Å². The van der Waals surface area contributed by atoms with Gasteiger partial charge in [-0.2, -0.15) is 0 Å². The van der Waals surface area contributed by atoms with Crippen LogP contribution in [0.15, 0.2) is 36.9 Å². The van der Waals surface area contributed by atoms with Gasteiger partial charge in [0.05, 0.1) is 13.2 Å². The van der Waals surface area contributed by atoms with Crippen molar-refractivity contribution < 1.29 is 23.8 Å². The van der Waals surface area contributed by atoms with E-state index in [-0.39, 0.29) is 19.1 Å². The highest BCUT2D eigenvalue weighted by atomic mass is 16.6. The third-order valence-electron chi connectivity index (χ3n) is 2.93. The molecule has 0 fully saturated rings. The van der Waals surface area contributed by atoms with Crippen LogP contribution in [0.5, 0.6) is 0 Å². The molecule has 0 aliphatic rings. The number of amides is 1. The van der Waals surface area contributed by atoms with Crippen LogP contribution in [0.1, 0.15) is 18.1 Å². The highest BCUT2D eigenvalue weighted by Crippen LogP contribution is 2.06. The molecule has 0 saturated carbocycles. The lowest BCUT2D eigenvalue weighted by Crippen LogP contribution is -2.31. The zero-order chi connectivity index (χ0) is 17.1. The average Bonchev–Trinajstić information content (AvgIpc) is 2.56. The first-order valence-corrected chi connectivity index (χ1v) is 7.29. The van der Waals surface area contributed by atoms with Gasteiger partial charge in [-0.05, 0) is 18.1 Å². The van der Waals surface area contributed by atoms with Crippen LogP contribution < -0.4 is 5.32 Å². The smallest absolute Gasteiger partial charge is 0.335 e. The third kappa shape index (κ3) is 7.58. The minimum atomic E-state index is -0.730. The van der Waals surface area contributed by atoms with Crippen molar-refractivity contribution in [3.05, 3.63) is 48.0 Å². The first-order valence-electron chi connectivity index (χ1n) is 7.29. The Labute approximate surface area is 136 Å². The molecule has 0 spiro atoms. The van der Waals surface area contributed by atoms with E-state index in [4.69, 9.17) is 14.2 Å². The van der Waals surface area contributed by atoms with Crippen LogP contribution in [-0.2, 0) is 37.0 Å². The summed E-state index contributed by atoms with van der Waals surface area (Å²) in [6, 6.07) is 7.69. The van der Waals surface area contributed by atoms with Crippen LogP contribution in [-0.4, -0.2) is 38.3 Å². The van der Waals surface area contributed by atoms with Crippen molar-refractivity contribution in [2.24, 2.45) is 0 Å². The fraction of sp³-hybridized carbons (Fsp3) is 0.412. The molecule has 0 saturated heterocycles. The largest absolute Gasteiger partial charge is 0.454 e. The van der Waals surface area contributed by atoms with Gasteiger partial charge in [-0.3, -0.25) is 4.79 Å².